The average molecular weight is 520 g/mol. The number of nitrogens with zero attached hydrogens (tertiary/aromatic N) is 2. The lowest BCUT2D eigenvalue weighted by molar-refractivity contribution is 0.487. The first kappa shape index (κ1) is 23.8. The number of aryl methyl sites for hydroxylation is 1. The highest BCUT2D eigenvalue weighted by Crippen LogP contribution is 2.32. The summed E-state index contributed by atoms with van der Waals surface area (Å²) in [7, 11) is -4.02. The van der Waals surface area contributed by atoms with Gasteiger partial charge in [0.05, 0.1) is 0 Å². The lowest BCUT2D eigenvalue weighted by Gasteiger charge is -2.11. The number of aromatic nitrogens is 2. The van der Waals surface area contributed by atoms with E-state index < -0.39 is 10.1 Å². The molecule has 0 unspecified atom stereocenters. The molecule has 0 aliphatic rings. The van der Waals surface area contributed by atoms with Crippen molar-refractivity contribution in [2.24, 2.45) is 0 Å². The fraction of sp³-hybridized carbons (Fsp3) is 0.0645. The summed E-state index contributed by atoms with van der Waals surface area (Å²) in [6.07, 6.45) is 2.00. The molecule has 2 heterocycles. The number of hydrogen-bond acceptors (Lipinski definition) is 5. The van der Waals surface area contributed by atoms with E-state index in [4.69, 9.17) is 9.17 Å². The molecule has 0 atom stereocenters. The minimum absolute atomic E-state index is 0.141. The van der Waals surface area contributed by atoms with Crippen molar-refractivity contribution in [1.29, 1.82) is 0 Å². The molecular formula is C31H25N3O3S. The van der Waals surface area contributed by atoms with Crippen molar-refractivity contribution in [2.45, 2.75) is 18.4 Å². The second-order valence-electron chi connectivity index (χ2n) is 9.12. The topological polar surface area (TPSA) is 72.7 Å². The number of nitrogens with one attached hydrogen (secondary N) is 1. The predicted molar refractivity (Wildman–Crippen MR) is 151 cm³/mol. The maximum Gasteiger partial charge on any atom is 0.339 e. The van der Waals surface area contributed by atoms with Crippen LogP contribution in [0.25, 0.3) is 27.7 Å². The van der Waals surface area contributed by atoms with E-state index in [0.29, 0.717) is 11.9 Å². The summed E-state index contributed by atoms with van der Waals surface area (Å²) in [4.78, 5) is 5.02. The molecule has 0 aliphatic carbocycles. The predicted octanol–water partition coefficient (Wildman–Crippen LogP) is 6.84. The van der Waals surface area contributed by atoms with Gasteiger partial charge in [0.25, 0.3) is 0 Å². The Morgan fingerprint density at radius 3 is 2.39 bits per heavy atom. The largest absolute Gasteiger partial charge is 0.379 e. The van der Waals surface area contributed by atoms with Crippen LogP contribution in [-0.4, -0.2) is 17.8 Å². The van der Waals surface area contributed by atoms with Gasteiger partial charge in [-0.05, 0) is 65.9 Å². The van der Waals surface area contributed by atoms with E-state index in [-0.39, 0.29) is 10.6 Å². The zero-order valence-electron chi connectivity index (χ0n) is 20.7. The summed E-state index contributed by atoms with van der Waals surface area (Å²) in [5, 5.41) is 5.00. The van der Waals surface area contributed by atoms with Gasteiger partial charge in [-0.25, -0.2) is 4.98 Å². The number of hydrogen-bond donors (Lipinski definition) is 1. The Hall–Kier alpha value is -4.62. The van der Waals surface area contributed by atoms with Crippen molar-refractivity contribution in [3.8, 4) is 17.0 Å². The SMILES string of the molecule is Cc1ccn2c(NCc3ccccc3)c(-c3ccc(OS(=O)(=O)c4cccc5ccccc45)cc3)nc2c1. The van der Waals surface area contributed by atoms with Crippen LogP contribution >= 0.6 is 0 Å². The van der Waals surface area contributed by atoms with Gasteiger partial charge in [0, 0.05) is 23.7 Å². The third-order valence-corrected chi connectivity index (χ3v) is 7.74. The second kappa shape index (κ2) is 9.68. The molecule has 188 valence electrons. The Bertz CT molecular complexity index is 1860. The molecule has 6 aromatic rings. The Morgan fingerprint density at radius 1 is 0.842 bits per heavy atom. The van der Waals surface area contributed by atoms with Crippen molar-refractivity contribution in [3.63, 3.8) is 0 Å². The fourth-order valence-corrected chi connectivity index (χ4v) is 5.71. The molecular weight excluding hydrogens is 494 g/mol. The van der Waals surface area contributed by atoms with Gasteiger partial charge < -0.3 is 9.50 Å². The molecule has 0 bridgehead atoms. The highest BCUT2D eigenvalue weighted by atomic mass is 32.2. The summed E-state index contributed by atoms with van der Waals surface area (Å²) in [6.45, 7) is 2.67. The van der Waals surface area contributed by atoms with Gasteiger partial charge in [-0.3, -0.25) is 4.40 Å². The molecule has 0 fully saturated rings. The van der Waals surface area contributed by atoms with E-state index in [0.717, 1.165) is 39.2 Å². The molecule has 7 heteroatoms. The maximum atomic E-state index is 13.1. The number of imidazole rings is 1. The average Bonchev–Trinajstić information content (AvgIpc) is 3.29. The number of pyridine rings is 1. The fourth-order valence-electron chi connectivity index (χ4n) is 4.55. The molecule has 0 spiro atoms. The van der Waals surface area contributed by atoms with Gasteiger partial charge in [-0.2, -0.15) is 8.42 Å². The maximum absolute atomic E-state index is 13.1. The van der Waals surface area contributed by atoms with Gasteiger partial charge >= 0.3 is 10.1 Å². The lowest BCUT2D eigenvalue weighted by Crippen LogP contribution is -2.10. The van der Waals surface area contributed by atoms with Crippen LogP contribution < -0.4 is 9.50 Å². The number of rotatable bonds is 7. The zero-order chi connectivity index (χ0) is 26.1. The van der Waals surface area contributed by atoms with Gasteiger partial charge in [0.2, 0.25) is 0 Å². The Morgan fingerprint density at radius 2 is 1.58 bits per heavy atom. The summed E-state index contributed by atoms with van der Waals surface area (Å²) in [6, 6.07) is 33.7. The Kier molecular flexibility index (Phi) is 6.05. The van der Waals surface area contributed by atoms with Crippen LogP contribution in [0.1, 0.15) is 11.1 Å². The van der Waals surface area contributed by atoms with Crippen LogP contribution in [0.3, 0.4) is 0 Å². The zero-order valence-corrected chi connectivity index (χ0v) is 21.5. The van der Waals surface area contributed by atoms with Crippen molar-refractivity contribution in [1.82, 2.24) is 9.38 Å². The van der Waals surface area contributed by atoms with Crippen molar-refractivity contribution in [3.05, 3.63) is 127 Å². The summed E-state index contributed by atoms with van der Waals surface area (Å²) < 4.78 is 33.8. The lowest BCUT2D eigenvalue weighted by atomic mass is 10.1. The van der Waals surface area contributed by atoms with Crippen LogP contribution in [0.2, 0.25) is 0 Å². The van der Waals surface area contributed by atoms with Crippen LogP contribution in [0.4, 0.5) is 5.82 Å². The van der Waals surface area contributed by atoms with E-state index in [1.54, 1.807) is 30.3 Å². The molecule has 0 saturated carbocycles. The van der Waals surface area contributed by atoms with E-state index in [1.807, 2.05) is 84.3 Å². The van der Waals surface area contributed by atoms with Gasteiger partial charge in [0.15, 0.2) is 0 Å². The Balaban J connectivity index is 1.32. The van der Waals surface area contributed by atoms with E-state index >= 15 is 0 Å². The Labute approximate surface area is 221 Å². The van der Waals surface area contributed by atoms with E-state index in [1.165, 1.54) is 0 Å². The quantitative estimate of drug-likeness (QED) is 0.234. The van der Waals surface area contributed by atoms with Crippen molar-refractivity contribution in [2.75, 3.05) is 5.32 Å². The second-order valence-corrected chi connectivity index (χ2v) is 10.6. The first-order valence-corrected chi connectivity index (χ1v) is 13.7. The summed E-state index contributed by atoms with van der Waals surface area (Å²) in [5.41, 5.74) is 4.72. The summed E-state index contributed by atoms with van der Waals surface area (Å²) in [5.74, 6) is 1.10. The van der Waals surface area contributed by atoms with Gasteiger partial charge in [-0.1, -0.05) is 66.7 Å². The van der Waals surface area contributed by atoms with E-state index in [9.17, 15) is 8.42 Å². The van der Waals surface area contributed by atoms with Crippen molar-refractivity contribution >= 4 is 32.4 Å². The third kappa shape index (κ3) is 4.60. The monoisotopic (exact) mass is 519 g/mol. The molecule has 0 aliphatic heterocycles. The third-order valence-electron chi connectivity index (χ3n) is 6.44. The van der Waals surface area contributed by atoms with Crippen LogP contribution in [0, 0.1) is 6.92 Å². The molecule has 6 rings (SSSR count). The van der Waals surface area contributed by atoms with Crippen LogP contribution in [0.5, 0.6) is 5.75 Å². The molecule has 2 aromatic heterocycles. The highest BCUT2D eigenvalue weighted by Gasteiger charge is 2.20. The standard InChI is InChI=1S/C31H25N3O3S/c1-22-18-19-34-29(20-22)33-30(31(34)32-21-23-8-3-2-4-9-23)25-14-16-26(17-15-25)37-38(35,36)28-13-7-11-24-10-5-6-12-27(24)28/h2-20,32H,21H2,1H3. The molecule has 0 saturated heterocycles. The first-order valence-electron chi connectivity index (χ1n) is 12.3. The number of fused-ring (bicyclic) bond motifs is 2. The van der Waals surface area contributed by atoms with E-state index in [2.05, 4.69) is 17.4 Å². The van der Waals surface area contributed by atoms with Crippen LogP contribution in [0.15, 0.2) is 120 Å². The molecule has 4 aromatic carbocycles. The normalized spacial score (nSPS) is 11.6. The minimum Gasteiger partial charge on any atom is -0.379 e. The first-order chi connectivity index (χ1) is 18.5. The van der Waals surface area contributed by atoms with Crippen molar-refractivity contribution < 1.29 is 12.6 Å². The number of anilines is 1. The molecule has 0 amide bonds. The molecule has 0 radical (unpaired) electrons. The smallest absolute Gasteiger partial charge is 0.339 e. The minimum atomic E-state index is -4.02. The van der Waals surface area contributed by atoms with Gasteiger partial charge in [0.1, 0.15) is 27.8 Å². The molecule has 6 nitrogen and oxygen atoms in total. The molecule has 1 N–H and O–H groups in total. The summed E-state index contributed by atoms with van der Waals surface area (Å²) >= 11 is 0. The van der Waals surface area contributed by atoms with Gasteiger partial charge in [-0.15, -0.1) is 0 Å². The van der Waals surface area contributed by atoms with Crippen LogP contribution in [-0.2, 0) is 16.7 Å². The molecule has 38 heavy (non-hydrogen) atoms. The highest BCUT2D eigenvalue weighted by molar-refractivity contribution is 7.87. The number of benzene rings is 4.